The van der Waals surface area contributed by atoms with Crippen LogP contribution >= 0.6 is 11.3 Å². The van der Waals surface area contributed by atoms with Gasteiger partial charge < -0.3 is 10.6 Å². The Hall–Kier alpha value is -0.870. The van der Waals surface area contributed by atoms with Gasteiger partial charge in [-0.25, -0.2) is 0 Å². The topological polar surface area (TPSA) is 46.3 Å². The summed E-state index contributed by atoms with van der Waals surface area (Å²) >= 11 is 1.71. The molecule has 0 aromatic carbocycles. The maximum absolute atomic E-state index is 11.9. The normalized spacial score (nSPS) is 17.0. The second-order valence-electron chi connectivity index (χ2n) is 4.60. The first kappa shape index (κ1) is 12.6. The van der Waals surface area contributed by atoms with Crippen LogP contribution in [-0.4, -0.2) is 23.4 Å². The fourth-order valence-electron chi connectivity index (χ4n) is 2.50. The molecule has 1 fully saturated rings. The minimum absolute atomic E-state index is 0.0882. The van der Waals surface area contributed by atoms with Crippen LogP contribution in [0, 0.1) is 0 Å². The molecule has 0 aliphatic heterocycles. The third-order valence-electron chi connectivity index (χ3n) is 3.42. The average molecular weight is 252 g/mol. The van der Waals surface area contributed by atoms with Crippen LogP contribution < -0.4 is 5.73 Å². The number of amides is 1. The highest BCUT2D eigenvalue weighted by molar-refractivity contribution is 7.09. The molecule has 1 aliphatic rings. The lowest BCUT2D eigenvalue weighted by Crippen LogP contribution is -2.43. The van der Waals surface area contributed by atoms with E-state index in [-0.39, 0.29) is 12.5 Å². The minimum atomic E-state index is 0.0882. The molecule has 3 nitrogen and oxygen atoms in total. The van der Waals surface area contributed by atoms with E-state index in [1.165, 1.54) is 24.1 Å². The van der Waals surface area contributed by atoms with Crippen molar-refractivity contribution in [3.8, 4) is 0 Å². The number of nitrogens with two attached hydrogens (primary N) is 1. The van der Waals surface area contributed by atoms with E-state index in [1.807, 2.05) is 11.0 Å². The number of hydrogen-bond acceptors (Lipinski definition) is 3. The number of nitrogens with zero attached hydrogens (tertiary/aromatic N) is 1. The van der Waals surface area contributed by atoms with Crippen molar-refractivity contribution in [1.29, 1.82) is 0 Å². The molecular weight excluding hydrogens is 232 g/mol. The van der Waals surface area contributed by atoms with Crippen molar-refractivity contribution in [2.45, 2.75) is 44.7 Å². The van der Waals surface area contributed by atoms with E-state index >= 15 is 0 Å². The van der Waals surface area contributed by atoms with Gasteiger partial charge in [-0.05, 0) is 24.3 Å². The zero-order valence-corrected chi connectivity index (χ0v) is 10.9. The Morgan fingerprint density at radius 2 is 2.18 bits per heavy atom. The molecule has 2 rings (SSSR count). The average Bonchev–Trinajstić information content (AvgIpc) is 2.89. The molecule has 94 valence electrons. The monoisotopic (exact) mass is 252 g/mol. The second-order valence-corrected chi connectivity index (χ2v) is 5.63. The lowest BCUT2D eigenvalue weighted by molar-refractivity contribution is -0.133. The smallest absolute Gasteiger partial charge is 0.236 e. The standard InChI is InChI=1S/C13H20N2OS/c14-9-13(16)15(10-12-7-4-8-17-12)11-5-2-1-3-6-11/h4,7-8,11H,1-3,5-6,9-10,14H2. The predicted octanol–water partition coefficient (Wildman–Crippen LogP) is 2.37. The van der Waals surface area contributed by atoms with Crippen LogP contribution in [0.3, 0.4) is 0 Å². The predicted molar refractivity (Wildman–Crippen MR) is 70.8 cm³/mol. The molecule has 17 heavy (non-hydrogen) atoms. The Kier molecular flexibility index (Phi) is 4.57. The summed E-state index contributed by atoms with van der Waals surface area (Å²) in [6, 6.07) is 4.53. The quantitative estimate of drug-likeness (QED) is 0.894. The summed E-state index contributed by atoms with van der Waals surface area (Å²) in [6.07, 6.45) is 6.06. The van der Waals surface area contributed by atoms with Crippen LogP contribution in [0.15, 0.2) is 17.5 Å². The lowest BCUT2D eigenvalue weighted by Gasteiger charge is -2.34. The van der Waals surface area contributed by atoms with Gasteiger partial charge in [-0.1, -0.05) is 25.3 Å². The molecule has 1 amide bonds. The summed E-state index contributed by atoms with van der Waals surface area (Å²) in [5.41, 5.74) is 5.52. The summed E-state index contributed by atoms with van der Waals surface area (Å²) in [5.74, 6) is 0.0882. The van der Waals surface area contributed by atoms with E-state index in [0.29, 0.717) is 6.04 Å². The zero-order valence-electron chi connectivity index (χ0n) is 10.1. The van der Waals surface area contributed by atoms with E-state index in [2.05, 4.69) is 11.4 Å². The second kappa shape index (κ2) is 6.17. The molecule has 0 spiro atoms. The van der Waals surface area contributed by atoms with Crippen molar-refractivity contribution in [2.24, 2.45) is 5.73 Å². The molecule has 4 heteroatoms. The van der Waals surface area contributed by atoms with Crippen molar-refractivity contribution < 1.29 is 4.79 Å². The number of carbonyl (C=O) groups excluding carboxylic acids is 1. The Balaban J connectivity index is 2.04. The van der Waals surface area contributed by atoms with Gasteiger partial charge in [-0.15, -0.1) is 11.3 Å². The van der Waals surface area contributed by atoms with E-state index in [9.17, 15) is 4.79 Å². The molecule has 1 aromatic heterocycles. The molecule has 1 aliphatic carbocycles. The molecule has 2 N–H and O–H groups in total. The summed E-state index contributed by atoms with van der Waals surface area (Å²) in [4.78, 5) is 15.2. The molecule has 0 unspecified atom stereocenters. The number of rotatable bonds is 4. The zero-order chi connectivity index (χ0) is 12.1. The Bertz CT molecular complexity index is 344. The molecule has 0 bridgehead atoms. The summed E-state index contributed by atoms with van der Waals surface area (Å²) in [5, 5.41) is 2.06. The SMILES string of the molecule is NCC(=O)N(Cc1cccs1)C1CCCCC1. The lowest BCUT2D eigenvalue weighted by atomic mass is 9.94. The third kappa shape index (κ3) is 3.30. The van der Waals surface area contributed by atoms with Crippen molar-refractivity contribution in [1.82, 2.24) is 4.90 Å². The van der Waals surface area contributed by atoms with Gasteiger partial charge in [0.1, 0.15) is 0 Å². The van der Waals surface area contributed by atoms with Gasteiger partial charge in [0.25, 0.3) is 0 Å². The van der Waals surface area contributed by atoms with E-state index < -0.39 is 0 Å². The maximum atomic E-state index is 11.9. The summed E-state index contributed by atoms with van der Waals surface area (Å²) in [7, 11) is 0. The van der Waals surface area contributed by atoms with Crippen molar-refractivity contribution >= 4 is 17.2 Å². The molecular formula is C13H20N2OS. The van der Waals surface area contributed by atoms with Gasteiger partial charge in [0, 0.05) is 10.9 Å². The molecule has 0 atom stereocenters. The van der Waals surface area contributed by atoms with Gasteiger partial charge in [-0.2, -0.15) is 0 Å². The van der Waals surface area contributed by atoms with Gasteiger partial charge in [-0.3, -0.25) is 4.79 Å². The largest absolute Gasteiger partial charge is 0.333 e. The fraction of sp³-hybridized carbons (Fsp3) is 0.615. The van der Waals surface area contributed by atoms with Gasteiger partial charge in [0.15, 0.2) is 0 Å². The van der Waals surface area contributed by atoms with Crippen molar-refractivity contribution in [3.05, 3.63) is 22.4 Å². The van der Waals surface area contributed by atoms with Crippen LogP contribution in [0.1, 0.15) is 37.0 Å². The van der Waals surface area contributed by atoms with Crippen molar-refractivity contribution in [3.63, 3.8) is 0 Å². The third-order valence-corrected chi connectivity index (χ3v) is 4.28. The van der Waals surface area contributed by atoms with Crippen LogP contribution in [-0.2, 0) is 11.3 Å². The Labute approximate surface area is 107 Å². The summed E-state index contributed by atoms with van der Waals surface area (Å²) < 4.78 is 0. The van der Waals surface area contributed by atoms with Crippen LogP contribution in [0.2, 0.25) is 0 Å². The number of thiophene rings is 1. The van der Waals surface area contributed by atoms with Gasteiger partial charge in [0.2, 0.25) is 5.91 Å². The highest BCUT2D eigenvalue weighted by Gasteiger charge is 2.24. The first-order valence-corrected chi connectivity index (χ1v) is 7.21. The Morgan fingerprint density at radius 1 is 1.41 bits per heavy atom. The Morgan fingerprint density at radius 3 is 2.76 bits per heavy atom. The van der Waals surface area contributed by atoms with Crippen LogP contribution in [0.4, 0.5) is 0 Å². The molecule has 1 aromatic rings. The molecule has 1 heterocycles. The van der Waals surface area contributed by atoms with Crippen LogP contribution in [0.25, 0.3) is 0 Å². The van der Waals surface area contributed by atoms with E-state index in [4.69, 9.17) is 5.73 Å². The first-order valence-electron chi connectivity index (χ1n) is 6.33. The number of carbonyl (C=O) groups is 1. The number of hydrogen-bond donors (Lipinski definition) is 1. The summed E-state index contributed by atoms with van der Waals surface area (Å²) in [6.45, 7) is 0.861. The van der Waals surface area contributed by atoms with Gasteiger partial charge in [0.05, 0.1) is 13.1 Å². The maximum Gasteiger partial charge on any atom is 0.236 e. The molecule has 0 radical (unpaired) electrons. The van der Waals surface area contributed by atoms with E-state index in [0.717, 1.165) is 19.4 Å². The fourth-order valence-corrected chi connectivity index (χ4v) is 3.20. The highest BCUT2D eigenvalue weighted by Crippen LogP contribution is 2.25. The van der Waals surface area contributed by atoms with Crippen LogP contribution in [0.5, 0.6) is 0 Å². The molecule has 0 saturated heterocycles. The van der Waals surface area contributed by atoms with E-state index in [1.54, 1.807) is 11.3 Å². The van der Waals surface area contributed by atoms with Gasteiger partial charge >= 0.3 is 0 Å². The van der Waals surface area contributed by atoms with Crippen molar-refractivity contribution in [2.75, 3.05) is 6.54 Å². The minimum Gasteiger partial charge on any atom is -0.333 e. The molecule has 1 saturated carbocycles. The first-order chi connectivity index (χ1) is 8.31. The highest BCUT2D eigenvalue weighted by atomic mass is 32.1.